The average molecular weight is 619 g/mol. The molecule has 0 saturated carbocycles. The van der Waals surface area contributed by atoms with E-state index in [0.717, 1.165) is 40.9 Å². The molecule has 0 unspecified atom stereocenters. The zero-order valence-corrected chi connectivity index (χ0v) is 24.3. The van der Waals surface area contributed by atoms with Crippen LogP contribution in [0.1, 0.15) is 36.6 Å². The van der Waals surface area contributed by atoms with Crippen LogP contribution in [0.2, 0.25) is 14.8 Å². The molecule has 4 aromatic rings. The number of alkyl halides is 3. The van der Waals surface area contributed by atoms with Gasteiger partial charge in [0.1, 0.15) is 6.54 Å². The van der Waals surface area contributed by atoms with Gasteiger partial charge in [-0.1, -0.05) is 13.3 Å². The third-order valence-corrected chi connectivity index (χ3v) is 10.7. The van der Waals surface area contributed by atoms with Crippen molar-refractivity contribution in [2.45, 2.75) is 60.1 Å². The van der Waals surface area contributed by atoms with Crippen molar-refractivity contribution in [1.29, 1.82) is 0 Å². The third-order valence-electron chi connectivity index (χ3n) is 6.17. The van der Waals surface area contributed by atoms with Crippen molar-refractivity contribution < 1.29 is 13.2 Å². The number of hydrogen-bond donors (Lipinski definition) is 1. The molecule has 2 aromatic carbocycles. The number of aromatic nitrogens is 6. The standard InChI is InChI=1S/C23H23F3N6O.3CH3.Sn/c1-2-3-8-20-19(22(33)32(29-20)14-23(24,25)26)13-15-9-11-16(12-10-15)17-6-4-5-7-18(17)21-27-30-31-28-21;;;;/h4-7,9-12H,2-3,8,13-14H2,1H3,(H2,27,28,29,30,31,33);3*1H3;/q;;;;+1/p-1. The second-order valence-corrected chi connectivity index (χ2v) is 23.8. The van der Waals surface area contributed by atoms with Crippen LogP contribution in [0.5, 0.6) is 0 Å². The van der Waals surface area contributed by atoms with Crippen LogP contribution in [0.3, 0.4) is 0 Å². The summed E-state index contributed by atoms with van der Waals surface area (Å²) >= 11 is -2.63. The number of aromatic amines is 1. The zero-order valence-electron chi connectivity index (χ0n) is 21.4. The molecule has 4 rings (SSSR count). The topological polar surface area (TPSA) is 81.4 Å². The maximum absolute atomic E-state index is 13.0. The Hall–Kier alpha value is -2.89. The Labute approximate surface area is 217 Å². The SMILES string of the molecule is CCCCc1[nH]n(CC(F)(F)F)c(=O)c1Cc1ccc(-c2ccccc2-c2nnn[n]2[Sn]([CH3])([CH3])[CH3])cc1. The molecule has 0 aliphatic carbocycles. The van der Waals surface area contributed by atoms with Gasteiger partial charge in [0.2, 0.25) is 0 Å². The molecule has 0 aliphatic rings. The molecule has 0 aliphatic heterocycles. The summed E-state index contributed by atoms with van der Waals surface area (Å²) in [7, 11) is 0. The van der Waals surface area contributed by atoms with Gasteiger partial charge in [0.15, 0.2) is 0 Å². The average Bonchev–Trinajstić information content (AvgIpc) is 3.44. The molecule has 0 bridgehead atoms. The summed E-state index contributed by atoms with van der Waals surface area (Å²) in [6.07, 6.45) is -2.02. The fourth-order valence-electron chi connectivity index (χ4n) is 4.35. The van der Waals surface area contributed by atoms with Gasteiger partial charge in [-0.2, -0.15) is 13.2 Å². The molecule has 196 valence electrons. The molecule has 2 heterocycles. The van der Waals surface area contributed by atoms with Gasteiger partial charge in [-0.15, -0.1) is 0 Å². The number of unbranched alkanes of at least 4 members (excludes halogenated alkanes) is 1. The summed E-state index contributed by atoms with van der Waals surface area (Å²) < 4.78 is 41.6. The van der Waals surface area contributed by atoms with Crippen LogP contribution in [-0.2, 0) is 19.4 Å². The molecule has 0 spiro atoms. The normalized spacial score (nSPS) is 12.3. The van der Waals surface area contributed by atoms with Crippen molar-refractivity contribution in [3.05, 3.63) is 75.7 Å². The Morgan fingerprint density at radius 1 is 1.00 bits per heavy atom. The van der Waals surface area contributed by atoms with E-state index in [0.29, 0.717) is 22.4 Å². The molecule has 1 N–H and O–H groups in total. The number of nitrogens with one attached hydrogen (secondary N) is 1. The van der Waals surface area contributed by atoms with E-state index >= 15 is 0 Å². The van der Waals surface area contributed by atoms with E-state index in [1.807, 2.05) is 58.4 Å². The number of aryl methyl sites for hydroxylation is 1. The summed E-state index contributed by atoms with van der Waals surface area (Å²) in [5, 5.41) is 15.2. The first kappa shape index (κ1) is 27.2. The van der Waals surface area contributed by atoms with E-state index in [9.17, 15) is 18.0 Å². The summed E-state index contributed by atoms with van der Waals surface area (Å²) in [4.78, 5) is 19.5. The molecule has 37 heavy (non-hydrogen) atoms. The van der Waals surface area contributed by atoms with Crippen LogP contribution in [0.25, 0.3) is 22.5 Å². The number of halogens is 3. The number of nitrogens with zero attached hydrogens (tertiary/aromatic N) is 5. The van der Waals surface area contributed by atoms with Crippen molar-refractivity contribution in [3.63, 3.8) is 0 Å². The van der Waals surface area contributed by atoms with Crippen LogP contribution in [0, 0.1) is 0 Å². The van der Waals surface area contributed by atoms with Crippen LogP contribution >= 0.6 is 0 Å². The Morgan fingerprint density at radius 2 is 1.68 bits per heavy atom. The summed E-state index contributed by atoms with van der Waals surface area (Å²) in [6.45, 7) is 0.684. The van der Waals surface area contributed by atoms with Gasteiger partial charge < -0.3 is 0 Å². The molecular formula is C26H31F3N6OSn. The first-order chi connectivity index (χ1) is 17.5. The van der Waals surface area contributed by atoms with E-state index < -0.39 is 36.9 Å². The predicted octanol–water partition coefficient (Wildman–Crippen LogP) is 5.68. The second kappa shape index (κ2) is 10.8. The minimum absolute atomic E-state index is 0.262. The molecule has 11 heteroatoms. The quantitative estimate of drug-likeness (QED) is 0.245. The fourth-order valence-corrected chi connectivity index (χ4v) is 7.51. The number of H-pyrrole nitrogens is 1. The molecule has 2 aromatic heterocycles. The van der Waals surface area contributed by atoms with Crippen LogP contribution in [-0.4, -0.2) is 53.0 Å². The maximum atomic E-state index is 13.0. The van der Waals surface area contributed by atoms with Crippen molar-refractivity contribution in [2.24, 2.45) is 0 Å². The van der Waals surface area contributed by atoms with Crippen molar-refractivity contribution in [3.8, 4) is 22.5 Å². The summed E-state index contributed by atoms with van der Waals surface area (Å²) in [5.41, 5.74) is 4.09. The molecule has 7 nitrogen and oxygen atoms in total. The van der Waals surface area contributed by atoms with Gasteiger partial charge in [-0.05, 0) is 6.42 Å². The van der Waals surface area contributed by atoms with E-state index in [1.165, 1.54) is 0 Å². The van der Waals surface area contributed by atoms with Crippen molar-refractivity contribution >= 4 is 18.7 Å². The summed E-state index contributed by atoms with van der Waals surface area (Å²) in [6, 6.07) is 15.7. The number of tetrazole rings is 1. The monoisotopic (exact) mass is 620 g/mol. The molecular weight excluding hydrogens is 588 g/mol. The van der Waals surface area contributed by atoms with E-state index in [-0.39, 0.29) is 6.42 Å². The van der Waals surface area contributed by atoms with Crippen molar-refractivity contribution in [1.82, 2.24) is 28.2 Å². The van der Waals surface area contributed by atoms with Crippen LogP contribution < -0.4 is 5.56 Å². The first-order valence-corrected chi connectivity index (χ1v) is 22.2. The van der Waals surface area contributed by atoms with E-state index in [2.05, 4.69) is 35.4 Å². The Morgan fingerprint density at radius 3 is 2.30 bits per heavy atom. The van der Waals surface area contributed by atoms with E-state index in [1.54, 1.807) is 0 Å². The van der Waals surface area contributed by atoms with Crippen molar-refractivity contribution in [2.75, 3.05) is 0 Å². The Kier molecular flexibility index (Phi) is 7.96. The van der Waals surface area contributed by atoms with E-state index in [4.69, 9.17) is 0 Å². The Balaban J connectivity index is 1.65. The van der Waals surface area contributed by atoms with Gasteiger partial charge in [-0.3, -0.25) is 0 Å². The van der Waals surface area contributed by atoms with Gasteiger partial charge in [0.05, 0.1) is 0 Å². The van der Waals surface area contributed by atoms with Gasteiger partial charge in [-0.25, -0.2) is 0 Å². The fraction of sp³-hybridized carbons (Fsp3) is 0.385. The minimum atomic E-state index is -4.47. The number of benzene rings is 2. The Bertz CT molecular complexity index is 1410. The summed E-state index contributed by atoms with van der Waals surface area (Å²) in [5.74, 6) is 0.751. The molecule has 0 atom stereocenters. The van der Waals surface area contributed by atoms with Gasteiger partial charge in [0, 0.05) is 0 Å². The van der Waals surface area contributed by atoms with Crippen LogP contribution in [0.15, 0.2) is 53.3 Å². The molecule has 0 fully saturated rings. The first-order valence-electron chi connectivity index (χ1n) is 12.3. The van der Waals surface area contributed by atoms with Crippen LogP contribution in [0.4, 0.5) is 13.2 Å². The number of rotatable bonds is 9. The zero-order chi connectivity index (χ0) is 26.8. The third kappa shape index (κ3) is 6.34. The van der Waals surface area contributed by atoms with Gasteiger partial charge >= 0.3 is 179 Å². The second-order valence-electron chi connectivity index (χ2n) is 10.2. The molecule has 0 radical (unpaired) electrons. The molecule has 0 amide bonds. The number of hydrogen-bond acceptors (Lipinski definition) is 4. The molecule has 0 saturated heterocycles. The van der Waals surface area contributed by atoms with Gasteiger partial charge in [0.25, 0.3) is 0 Å². The predicted molar refractivity (Wildman–Crippen MR) is 140 cm³/mol.